The van der Waals surface area contributed by atoms with Crippen molar-refractivity contribution in [1.29, 1.82) is 0 Å². The SMILES string of the molecule is CCN(C(=O)Cc1c[nH]c2ccccc12)c1ccccc1. The number of benzene rings is 2. The van der Waals surface area contributed by atoms with Gasteiger partial charge >= 0.3 is 0 Å². The van der Waals surface area contributed by atoms with E-state index in [0.29, 0.717) is 13.0 Å². The maximum Gasteiger partial charge on any atom is 0.231 e. The van der Waals surface area contributed by atoms with Crippen LogP contribution in [0, 0.1) is 0 Å². The number of nitrogens with zero attached hydrogens (tertiary/aromatic N) is 1. The summed E-state index contributed by atoms with van der Waals surface area (Å²) in [6.07, 6.45) is 2.34. The van der Waals surface area contributed by atoms with E-state index < -0.39 is 0 Å². The first-order valence-electron chi connectivity index (χ1n) is 7.20. The van der Waals surface area contributed by atoms with Gasteiger partial charge in [0.05, 0.1) is 6.42 Å². The molecule has 21 heavy (non-hydrogen) atoms. The highest BCUT2D eigenvalue weighted by Gasteiger charge is 2.15. The Balaban J connectivity index is 1.85. The Morgan fingerprint density at radius 2 is 1.76 bits per heavy atom. The number of likely N-dealkylation sites (N-methyl/N-ethyl adjacent to an activating group) is 1. The summed E-state index contributed by atoms with van der Waals surface area (Å²) in [6, 6.07) is 17.9. The first kappa shape index (κ1) is 13.4. The molecule has 0 aliphatic carbocycles. The van der Waals surface area contributed by atoms with Gasteiger partial charge in [-0.3, -0.25) is 4.79 Å². The molecule has 3 rings (SSSR count). The van der Waals surface area contributed by atoms with Crippen molar-refractivity contribution < 1.29 is 4.79 Å². The minimum Gasteiger partial charge on any atom is -0.361 e. The second-order valence-corrected chi connectivity index (χ2v) is 5.01. The Kier molecular flexibility index (Phi) is 3.73. The third kappa shape index (κ3) is 2.68. The Bertz CT molecular complexity index is 746. The highest BCUT2D eigenvalue weighted by molar-refractivity contribution is 5.97. The smallest absolute Gasteiger partial charge is 0.231 e. The van der Waals surface area contributed by atoms with Crippen LogP contribution in [0.4, 0.5) is 5.69 Å². The van der Waals surface area contributed by atoms with E-state index in [1.54, 1.807) is 0 Å². The van der Waals surface area contributed by atoms with E-state index in [1.807, 2.05) is 72.6 Å². The van der Waals surface area contributed by atoms with Crippen molar-refractivity contribution in [2.24, 2.45) is 0 Å². The lowest BCUT2D eigenvalue weighted by Gasteiger charge is -2.20. The topological polar surface area (TPSA) is 36.1 Å². The molecule has 0 bridgehead atoms. The van der Waals surface area contributed by atoms with Crippen molar-refractivity contribution in [2.75, 3.05) is 11.4 Å². The highest BCUT2D eigenvalue weighted by Crippen LogP contribution is 2.20. The quantitative estimate of drug-likeness (QED) is 0.775. The second-order valence-electron chi connectivity index (χ2n) is 5.01. The lowest BCUT2D eigenvalue weighted by atomic mass is 10.1. The largest absolute Gasteiger partial charge is 0.361 e. The summed E-state index contributed by atoms with van der Waals surface area (Å²) in [4.78, 5) is 17.6. The third-order valence-electron chi connectivity index (χ3n) is 3.70. The van der Waals surface area contributed by atoms with Crippen molar-refractivity contribution in [1.82, 2.24) is 4.98 Å². The van der Waals surface area contributed by atoms with Gasteiger partial charge in [-0.2, -0.15) is 0 Å². The third-order valence-corrected chi connectivity index (χ3v) is 3.70. The first-order chi connectivity index (χ1) is 10.3. The van der Waals surface area contributed by atoms with Crippen LogP contribution in [-0.2, 0) is 11.2 Å². The molecule has 0 spiro atoms. The van der Waals surface area contributed by atoms with Crippen LogP contribution in [0.1, 0.15) is 12.5 Å². The molecular formula is C18H18N2O. The van der Waals surface area contributed by atoms with Gasteiger partial charge in [0.15, 0.2) is 0 Å². The van der Waals surface area contributed by atoms with Gasteiger partial charge in [0.1, 0.15) is 0 Å². The molecule has 1 aromatic heterocycles. The van der Waals surface area contributed by atoms with Gasteiger partial charge in [0.2, 0.25) is 5.91 Å². The van der Waals surface area contributed by atoms with Gasteiger partial charge in [-0.1, -0.05) is 36.4 Å². The number of aromatic amines is 1. The number of hydrogen-bond acceptors (Lipinski definition) is 1. The molecule has 0 saturated heterocycles. The average Bonchev–Trinajstić information content (AvgIpc) is 2.92. The number of aromatic nitrogens is 1. The van der Waals surface area contributed by atoms with E-state index in [-0.39, 0.29) is 5.91 Å². The van der Waals surface area contributed by atoms with E-state index in [2.05, 4.69) is 4.98 Å². The number of hydrogen-bond donors (Lipinski definition) is 1. The molecule has 2 aromatic carbocycles. The zero-order valence-corrected chi connectivity index (χ0v) is 12.0. The molecule has 0 aliphatic heterocycles. The highest BCUT2D eigenvalue weighted by atomic mass is 16.2. The molecule has 1 N–H and O–H groups in total. The number of anilines is 1. The van der Waals surface area contributed by atoms with Crippen LogP contribution < -0.4 is 4.90 Å². The minimum absolute atomic E-state index is 0.119. The Labute approximate surface area is 124 Å². The summed E-state index contributed by atoms with van der Waals surface area (Å²) < 4.78 is 0. The van der Waals surface area contributed by atoms with Gasteiger partial charge in [-0.05, 0) is 30.7 Å². The van der Waals surface area contributed by atoms with E-state index in [9.17, 15) is 4.79 Å². The maximum absolute atomic E-state index is 12.6. The number of amides is 1. The predicted molar refractivity (Wildman–Crippen MR) is 86.5 cm³/mol. The molecule has 0 fully saturated rings. The molecule has 1 amide bonds. The summed E-state index contributed by atoms with van der Waals surface area (Å²) >= 11 is 0. The molecule has 1 heterocycles. The molecular weight excluding hydrogens is 260 g/mol. The molecule has 0 atom stereocenters. The van der Waals surface area contributed by atoms with E-state index in [0.717, 1.165) is 22.2 Å². The monoisotopic (exact) mass is 278 g/mol. The molecule has 106 valence electrons. The number of H-pyrrole nitrogens is 1. The summed E-state index contributed by atoms with van der Waals surface area (Å²) in [5.41, 5.74) is 3.07. The lowest BCUT2D eigenvalue weighted by molar-refractivity contribution is -0.117. The van der Waals surface area contributed by atoms with E-state index >= 15 is 0 Å². The van der Waals surface area contributed by atoms with Gasteiger partial charge in [-0.25, -0.2) is 0 Å². The van der Waals surface area contributed by atoms with Crippen molar-refractivity contribution in [3.8, 4) is 0 Å². The summed E-state index contributed by atoms with van der Waals surface area (Å²) in [5, 5.41) is 1.12. The lowest BCUT2D eigenvalue weighted by Crippen LogP contribution is -2.31. The number of para-hydroxylation sites is 2. The van der Waals surface area contributed by atoms with Crippen LogP contribution in [0.2, 0.25) is 0 Å². The van der Waals surface area contributed by atoms with Crippen molar-refractivity contribution in [3.63, 3.8) is 0 Å². The summed E-state index contributed by atoms with van der Waals surface area (Å²) in [5.74, 6) is 0.119. The van der Waals surface area contributed by atoms with Crippen LogP contribution in [-0.4, -0.2) is 17.4 Å². The van der Waals surface area contributed by atoms with Crippen LogP contribution in [0.15, 0.2) is 60.8 Å². The van der Waals surface area contributed by atoms with Crippen molar-refractivity contribution in [2.45, 2.75) is 13.3 Å². The second kappa shape index (κ2) is 5.83. The number of carbonyl (C=O) groups is 1. The zero-order chi connectivity index (χ0) is 14.7. The van der Waals surface area contributed by atoms with E-state index in [1.165, 1.54) is 0 Å². The molecule has 3 aromatic rings. The van der Waals surface area contributed by atoms with Gasteiger partial charge < -0.3 is 9.88 Å². The average molecular weight is 278 g/mol. The Hall–Kier alpha value is -2.55. The Morgan fingerprint density at radius 1 is 1.05 bits per heavy atom. The number of rotatable bonds is 4. The first-order valence-corrected chi connectivity index (χ1v) is 7.20. The zero-order valence-electron chi connectivity index (χ0n) is 12.0. The molecule has 3 nitrogen and oxygen atoms in total. The summed E-state index contributed by atoms with van der Waals surface area (Å²) in [6.45, 7) is 2.67. The van der Waals surface area contributed by atoms with E-state index in [4.69, 9.17) is 0 Å². The van der Waals surface area contributed by atoms with Gasteiger partial charge in [0, 0.05) is 29.3 Å². The van der Waals surface area contributed by atoms with Crippen LogP contribution >= 0.6 is 0 Å². The fraction of sp³-hybridized carbons (Fsp3) is 0.167. The van der Waals surface area contributed by atoms with Crippen molar-refractivity contribution >= 4 is 22.5 Å². The normalized spacial score (nSPS) is 10.7. The summed E-state index contributed by atoms with van der Waals surface area (Å²) in [7, 11) is 0. The van der Waals surface area contributed by atoms with Gasteiger partial charge in [0.25, 0.3) is 0 Å². The van der Waals surface area contributed by atoms with Crippen LogP contribution in [0.5, 0.6) is 0 Å². The molecule has 0 aliphatic rings. The van der Waals surface area contributed by atoms with Crippen LogP contribution in [0.25, 0.3) is 10.9 Å². The minimum atomic E-state index is 0.119. The predicted octanol–water partition coefficient (Wildman–Crippen LogP) is 3.76. The fourth-order valence-corrected chi connectivity index (χ4v) is 2.65. The molecule has 0 radical (unpaired) electrons. The number of nitrogens with one attached hydrogen (secondary N) is 1. The Morgan fingerprint density at radius 3 is 2.52 bits per heavy atom. The fourth-order valence-electron chi connectivity index (χ4n) is 2.65. The number of fused-ring (bicyclic) bond motifs is 1. The molecule has 0 saturated carbocycles. The standard InChI is InChI=1S/C18H18N2O/c1-2-20(15-8-4-3-5-9-15)18(21)12-14-13-19-17-11-7-6-10-16(14)17/h3-11,13,19H,2,12H2,1H3. The van der Waals surface area contributed by atoms with Crippen LogP contribution in [0.3, 0.4) is 0 Å². The maximum atomic E-state index is 12.6. The molecule has 3 heteroatoms. The van der Waals surface area contributed by atoms with Crippen molar-refractivity contribution in [3.05, 3.63) is 66.4 Å². The molecule has 0 unspecified atom stereocenters. The number of carbonyl (C=O) groups excluding carboxylic acids is 1. The van der Waals surface area contributed by atoms with Gasteiger partial charge in [-0.15, -0.1) is 0 Å².